The molecule has 12 nitrogen and oxygen atoms in total. The van der Waals surface area contributed by atoms with Crippen LogP contribution in [0.1, 0.15) is 113 Å². The third kappa shape index (κ3) is 10.5. The number of Topliss-reactive ketones (excluding diaryl/α,β-unsaturated/α-hetero) is 1. The van der Waals surface area contributed by atoms with Gasteiger partial charge in [-0.2, -0.15) is 0 Å². The van der Waals surface area contributed by atoms with Crippen molar-refractivity contribution < 1.29 is 43.6 Å². The lowest BCUT2D eigenvalue weighted by molar-refractivity contribution is -0.119. The van der Waals surface area contributed by atoms with Crippen LogP contribution in [0.3, 0.4) is 0 Å². The van der Waals surface area contributed by atoms with Crippen LogP contribution in [-0.4, -0.2) is 75.6 Å². The number of fused-ring (bicyclic) bond motifs is 8. The van der Waals surface area contributed by atoms with Gasteiger partial charge >= 0.3 is 0 Å². The second-order valence-electron chi connectivity index (χ2n) is 19.5. The molecule has 3 amide bonds. The number of methoxy groups -OCH3 is 1. The Labute approximate surface area is 417 Å². The van der Waals surface area contributed by atoms with E-state index < -0.39 is 12.2 Å². The van der Waals surface area contributed by atoms with Gasteiger partial charge in [-0.1, -0.05) is 64.9 Å². The van der Waals surface area contributed by atoms with Crippen molar-refractivity contribution in [2.75, 3.05) is 28.0 Å². The Morgan fingerprint density at radius 3 is 1.86 bits per heavy atom. The van der Waals surface area contributed by atoms with E-state index in [1.54, 1.807) is 43.5 Å². The second-order valence-corrected chi connectivity index (χ2v) is 22.6. The number of rotatable bonds is 18. The van der Waals surface area contributed by atoms with Crippen LogP contribution < -0.4 is 29.3 Å². The van der Waals surface area contributed by atoms with Crippen LogP contribution in [0, 0.1) is 6.92 Å². The number of amides is 3. The quantitative estimate of drug-likeness (QED) is 0.0568. The summed E-state index contributed by atoms with van der Waals surface area (Å²) < 4.78 is 18.7. The highest BCUT2D eigenvalue weighted by Crippen LogP contribution is 2.43. The normalized spacial score (nSPS) is 19.0. The SMILES string of the molecule is CCC(=O)CCC(C)(C)SSCCCC(=O)Nc1cc(COc2cc3c(cc2C)C(=O)N2c4ccccc4C[C@H]2C(O)C3)cc(COc2cc3c(cc2OC)C(=O)N2c4ccccc4C[C@H]2C(O)C3)c1. The van der Waals surface area contributed by atoms with Gasteiger partial charge in [0.05, 0.1) is 31.4 Å². The summed E-state index contributed by atoms with van der Waals surface area (Å²) >= 11 is 0. The van der Waals surface area contributed by atoms with Crippen molar-refractivity contribution >= 4 is 62.2 Å². The van der Waals surface area contributed by atoms with Gasteiger partial charge < -0.3 is 39.5 Å². The van der Waals surface area contributed by atoms with Crippen LogP contribution in [-0.2, 0) is 48.5 Å². The monoisotopic (exact) mass is 983 g/mol. The molecule has 4 atom stereocenters. The van der Waals surface area contributed by atoms with E-state index in [2.05, 4.69) is 19.2 Å². The smallest absolute Gasteiger partial charge is 0.259 e. The molecule has 9 rings (SSSR count). The average molecular weight is 984 g/mol. The van der Waals surface area contributed by atoms with E-state index in [-0.39, 0.29) is 60.0 Å². The van der Waals surface area contributed by atoms with Crippen molar-refractivity contribution in [2.45, 2.75) is 128 Å². The van der Waals surface area contributed by atoms with Crippen molar-refractivity contribution in [1.29, 1.82) is 0 Å². The van der Waals surface area contributed by atoms with Crippen molar-refractivity contribution in [1.82, 2.24) is 0 Å². The summed E-state index contributed by atoms with van der Waals surface area (Å²) in [7, 11) is 5.01. The molecule has 3 N–H and O–H groups in total. The first-order valence-electron chi connectivity index (χ1n) is 24.2. The molecular weight excluding hydrogens is 923 g/mol. The topological polar surface area (TPSA) is 155 Å². The fraction of sp³-hybridized carbons (Fsp3) is 0.393. The van der Waals surface area contributed by atoms with Gasteiger partial charge in [-0.3, -0.25) is 19.2 Å². The molecule has 0 saturated heterocycles. The number of anilines is 3. The van der Waals surface area contributed by atoms with Gasteiger partial charge in [0.1, 0.15) is 24.7 Å². The van der Waals surface area contributed by atoms with Gasteiger partial charge in [-0.25, -0.2) is 0 Å². The van der Waals surface area contributed by atoms with E-state index in [4.69, 9.17) is 14.2 Å². The van der Waals surface area contributed by atoms with Crippen LogP contribution in [0.5, 0.6) is 17.2 Å². The number of hydrogen-bond donors (Lipinski definition) is 3. The third-order valence-corrected chi connectivity index (χ3v) is 17.3. The first kappa shape index (κ1) is 49.2. The number of carbonyl (C=O) groups excluding carboxylic acids is 4. The molecule has 0 saturated carbocycles. The van der Waals surface area contributed by atoms with Crippen molar-refractivity contribution in [3.63, 3.8) is 0 Å². The van der Waals surface area contributed by atoms with E-state index in [1.807, 2.05) is 92.7 Å². The summed E-state index contributed by atoms with van der Waals surface area (Å²) in [6.07, 6.45) is 3.10. The maximum Gasteiger partial charge on any atom is 0.259 e. The summed E-state index contributed by atoms with van der Waals surface area (Å²) in [4.78, 5) is 57.1. The number of hydrogen-bond acceptors (Lipinski definition) is 11. The molecule has 4 aliphatic heterocycles. The molecule has 70 heavy (non-hydrogen) atoms. The first-order chi connectivity index (χ1) is 33.7. The Morgan fingerprint density at radius 2 is 1.27 bits per heavy atom. The Balaban J connectivity index is 0.926. The first-order valence-corrected chi connectivity index (χ1v) is 26.6. The van der Waals surface area contributed by atoms with Gasteiger partial charge in [-0.15, -0.1) is 0 Å². The number of nitrogens with one attached hydrogen (secondary N) is 1. The van der Waals surface area contributed by atoms with Gasteiger partial charge in [0, 0.05) is 70.8 Å². The number of para-hydroxylation sites is 2. The molecule has 0 radical (unpaired) electrons. The molecule has 5 aromatic rings. The minimum absolute atomic E-state index is 0.0518. The molecule has 0 fully saturated rings. The van der Waals surface area contributed by atoms with Crippen LogP contribution in [0.25, 0.3) is 0 Å². The van der Waals surface area contributed by atoms with Crippen molar-refractivity contribution in [2.24, 2.45) is 0 Å². The molecule has 2 unspecified atom stereocenters. The zero-order valence-electron chi connectivity index (χ0n) is 40.4. The molecule has 0 spiro atoms. The van der Waals surface area contributed by atoms with Crippen LogP contribution in [0.4, 0.5) is 17.1 Å². The number of ether oxygens (including phenoxy) is 3. The number of nitrogens with zero attached hydrogens (tertiary/aromatic N) is 2. The predicted molar refractivity (Wildman–Crippen MR) is 277 cm³/mol. The van der Waals surface area contributed by atoms with Crippen LogP contribution >= 0.6 is 21.6 Å². The zero-order chi connectivity index (χ0) is 49.3. The summed E-state index contributed by atoms with van der Waals surface area (Å²) in [6, 6.07) is 27.7. The standard InChI is InChI=1S/C56H61N3O9S2/c1-6-41(60)17-18-56(3,4)70-69-19-11-16-53(63)57-40-22-34(31-67-50-28-38-26-48(61)46-24-36-12-7-9-14-44(36)58(46)54(64)42(38)20-33(50)2)21-35(23-40)32-68-52-29-39-27-49(62)47-25-37-13-8-10-15-45(37)59(47)55(65)43(39)30-51(52)66-5/h7-10,12-15,20-23,28-30,46-49,61-62H,6,11,16-19,24-27,31-32H2,1-5H3,(H,57,63)/t46-,47-,48?,49?/m0/s1. The molecule has 0 aliphatic carbocycles. The number of benzene rings is 5. The minimum Gasteiger partial charge on any atom is -0.493 e. The Kier molecular flexibility index (Phi) is 14.7. The summed E-state index contributed by atoms with van der Waals surface area (Å²) in [6.45, 7) is 8.31. The van der Waals surface area contributed by atoms with E-state index >= 15 is 0 Å². The molecule has 5 aromatic carbocycles. The van der Waals surface area contributed by atoms with E-state index in [9.17, 15) is 29.4 Å². The van der Waals surface area contributed by atoms with E-state index in [1.165, 1.54) is 7.11 Å². The molecular formula is C56H61N3O9S2. The van der Waals surface area contributed by atoms with Gasteiger partial charge in [0.2, 0.25) is 5.91 Å². The molecule has 4 heterocycles. The molecule has 4 aliphatic rings. The predicted octanol–water partition coefficient (Wildman–Crippen LogP) is 9.78. The highest BCUT2D eigenvalue weighted by molar-refractivity contribution is 8.77. The van der Waals surface area contributed by atoms with E-state index in [0.29, 0.717) is 84.6 Å². The lowest BCUT2D eigenvalue weighted by Gasteiger charge is -2.26. The summed E-state index contributed by atoms with van der Waals surface area (Å²) in [5, 5.41) is 26.0. The van der Waals surface area contributed by atoms with Gasteiger partial charge in [0.25, 0.3) is 11.8 Å². The van der Waals surface area contributed by atoms with Crippen LogP contribution in [0.2, 0.25) is 0 Å². The molecule has 0 bridgehead atoms. The molecule has 0 aromatic heterocycles. The molecule has 14 heteroatoms. The maximum absolute atomic E-state index is 14.2. The second kappa shape index (κ2) is 20.9. The lowest BCUT2D eigenvalue weighted by Crippen LogP contribution is -2.43. The van der Waals surface area contributed by atoms with Crippen molar-refractivity contribution in [3.05, 3.63) is 141 Å². The highest BCUT2D eigenvalue weighted by atomic mass is 33.1. The number of aliphatic hydroxyl groups excluding tert-OH is 2. The average Bonchev–Trinajstić information content (AvgIpc) is 3.89. The van der Waals surface area contributed by atoms with E-state index in [0.717, 1.165) is 56.9 Å². The minimum atomic E-state index is -0.794. The Morgan fingerprint density at radius 1 is 0.714 bits per heavy atom. The lowest BCUT2D eigenvalue weighted by atomic mass is 9.96. The maximum atomic E-state index is 14.2. The number of aliphatic hydroxyl groups is 2. The summed E-state index contributed by atoms with van der Waals surface area (Å²) in [5.74, 6) is 1.96. The number of carbonyl (C=O) groups is 4. The fourth-order valence-electron chi connectivity index (χ4n) is 10.1. The third-order valence-electron chi connectivity index (χ3n) is 13.9. The molecule has 366 valence electrons. The fourth-order valence-corrected chi connectivity index (χ4v) is 12.8. The van der Waals surface area contributed by atoms with Crippen molar-refractivity contribution in [3.8, 4) is 17.2 Å². The van der Waals surface area contributed by atoms with Gasteiger partial charge in [0.15, 0.2) is 11.5 Å². The largest absolute Gasteiger partial charge is 0.493 e. The Bertz CT molecular complexity index is 2830. The Hall–Kier alpha value is -5.80. The highest BCUT2D eigenvalue weighted by Gasteiger charge is 2.43. The number of aryl methyl sites for hydroxylation is 1. The zero-order valence-corrected chi connectivity index (χ0v) is 42.1. The summed E-state index contributed by atoms with van der Waals surface area (Å²) in [5.41, 5.74) is 8.97. The van der Waals surface area contributed by atoms with Gasteiger partial charge in [-0.05, 0) is 140 Å². The number of ketones is 1. The van der Waals surface area contributed by atoms with Crippen LogP contribution in [0.15, 0.2) is 91.0 Å².